The number of hydrogen-bond donors (Lipinski definition) is 5. The van der Waals surface area contributed by atoms with Gasteiger partial charge < -0.3 is 68.7 Å². The second kappa shape index (κ2) is 19.5. The number of ketones is 1. The van der Waals surface area contributed by atoms with E-state index in [9.17, 15) is 30.3 Å². The zero-order valence-electron chi connectivity index (χ0n) is 49.4. The topological polar surface area (TPSA) is 183 Å². The monoisotopic (exact) mass is 1190 g/mol. The van der Waals surface area contributed by atoms with E-state index >= 15 is 0 Å². The number of likely N-dealkylation sites (tertiary alicyclic amines) is 3. The van der Waals surface area contributed by atoms with E-state index in [0.29, 0.717) is 25.0 Å². The van der Waals surface area contributed by atoms with Crippen LogP contribution >= 0.6 is 0 Å². The van der Waals surface area contributed by atoms with Crippen molar-refractivity contribution in [3.05, 3.63) is 116 Å². The molecular formula is C65H84N3O12Y-. The van der Waals surface area contributed by atoms with Crippen molar-refractivity contribution in [3.63, 3.8) is 0 Å². The number of ether oxygens (including phenoxy) is 6. The van der Waals surface area contributed by atoms with E-state index in [2.05, 4.69) is 88.7 Å². The van der Waals surface area contributed by atoms with E-state index in [4.69, 9.17) is 28.4 Å². The normalized spacial score (nSPS) is 36.6. The molecule has 16 heteroatoms. The number of carbonyl (C=O) groups is 1. The number of aliphatic hydroxyl groups excluding tert-OH is 3. The average Bonchev–Trinajstić information content (AvgIpc) is 1.72. The molecule has 0 amide bonds. The van der Waals surface area contributed by atoms with Gasteiger partial charge in [-0.25, -0.2) is 6.10 Å². The van der Waals surface area contributed by atoms with Crippen LogP contribution in [0.2, 0.25) is 0 Å². The molecule has 6 aliphatic heterocycles. The van der Waals surface area contributed by atoms with Crippen molar-refractivity contribution in [2.75, 3.05) is 40.8 Å². The van der Waals surface area contributed by atoms with Gasteiger partial charge >= 0.3 is 0 Å². The molecule has 3 saturated heterocycles. The summed E-state index contributed by atoms with van der Waals surface area (Å²) in [5.74, 6) is 4.11. The maximum Gasteiger partial charge on any atom is 0.174 e. The molecule has 12 atom stereocenters. The Hall–Kier alpha value is -3.45. The molecule has 12 aliphatic rings. The summed E-state index contributed by atoms with van der Waals surface area (Å²) in [5.41, 5.74) is 5.18. The third kappa shape index (κ3) is 7.80. The van der Waals surface area contributed by atoms with Crippen molar-refractivity contribution < 1.29 is 91.5 Å². The number of Topliss-reactive ketones (excluding diaryl/α,β-unsaturated/α-hetero) is 1. The van der Waals surface area contributed by atoms with Gasteiger partial charge in [0.1, 0.15) is 40.0 Å². The first-order valence-electron chi connectivity index (χ1n) is 29.5. The van der Waals surface area contributed by atoms with Crippen LogP contribution in [-0.2, 0) is 107 Å². The second-order valence-electron chi connectivity index (χ2n) is 27.8. The smallest absolute Gasteiger partial charge is 0.174 e. The van der Waals surface area contributed by atoms with E-state index in [-0.39, 0.29) is 105 Å². The summed E-state index contributed by atoms with van der Waals surface area (Å²) in [4.78, 5) is 19.6. The molecule has 3 aromatic rings. The Bertz CT molecular complexity index is 3130. The molecule has 5 N–H and O–H groups in total. The van der Waals surface area contributed by atoms with Gasteiger partial charge in [-0.05, 0) is 163 Å². The predicted molar refractivity (Wildman–Crippen MR) is 299 cm³/mol. The zero-order valence-corrected chi connectivity index (χ0v) is 52.2. The van der Waals surface area contributed by atoms with Crippen LogP contribution in [0.15, 0.2) is 60.1 Å². The first kappa shape index (κ1) is 58.0. The molecule has 6 unspecified atom stereocenters. The summed E-state index contributed by atoms with van der Waals surface area (Å²) in [6.07, 6.45) is 11.3. The van der Waals surface area contributed by atoms with Crippen molar-refractivity contribution >= 4 is 5.78 Å². The molecule has 15 nitrogen and oxygen atoms in total. The number of rotatable bonds is 7. The minimum absolute atomic E-state index is 0. The van der Waals surface area contributed by atoms with Crippen LogP contribution in [0, 0.1) is 6.10 Å². The summed E-state index contributed by atoms with van der Waals surface area (Å²) < 4.78 is 39.0. The van der Waals surface area contributed by atoms with Crippen LogP contribution in [0.4, 0.5) is 0 Å². The molecule has 6 bridgehead atoms. The van der Waals surface area contributed by atoms with Crippen molar-refractivity contribution in [2.45, 2.75) is 220 Å². The van der Waals surface area contributed by atoms with Gasteiger partial charge in [-0.15, -0.1) is 0 Å². The molecule has 435 valence electrons. The summed E-state index contributed by atoms with van der Waals surface area (Å²) in [5, 5.41) is 53.4. The number of carbonyl (C=O) groups excluding carboxylic acids is 1. The Balaban J connectivity index is 0.000000121. The predicted octanol–water partition coefficient (Wildman–Crippen LogP) is 6.67. The molecule has 6 heterocycles. The number of benzene rings is 3. The number of hydrogen-bond acceptors (Lipinski definition) is 15. The fraction of sp³-hybridized carbons (Fsp3) is 0.631. The van der Waals surface area contributed by atoms with Crippen molar-refractivity contribution in [2.24, 2.45) is 0 Å². The summed E-state index contributed by atoms with van der Waals surface area (Å²) in [6, 6.07) is 12.6. The third-order valence-corrected chi connectivity index (χ3v) is 21.2. The van der Waals surface area contributed by atoms with Gasteiger partial charge in [-0.1, -0.05) is 36.4 Å². The number of aliphatic hydroxyl groups is 5. The molecule has 6 aliphatic carbocycles. The van der Waals surface area contributed by atoms with Gasteiger partial charge in [-0.2, -0.15) is 13.8 Å². The van der Waals surface area contributed by atoms with E-state index < -0.39 is 33.7 Å². The number of nitrogens with zero attached hydrogens (tertiary/aromatic N) is 3. The molecule has 81 heavy (non-hydrogen) atoms. The van der Waals surface area contributed by atoms with E-state index in [0.717, 1.165) is 127 Å². The van der Waals surface area contributed by atoms with Crippen LogP contribution in [0.1, 0.15) is 150 Å². The Morgan fingerprint density at radius 1 is 0.568 bits per heavy atom. The van der Waals surface area contributed by atoms with E-state index in [1.807, 2.05) is 51.1 Å². The SMILES string of the molecule is CN1CCC23c4c5ccc(CO)c4OC2C(=O)CC[C@@]3(O)[C@H]1C5.CN1CCC23c4c5ccc(CO)c4OC2C(OC(C)(C)C)=CC[C@@]3(O)[C@H]1C5.C[C-](C)O[C@@]12CC=C(OC(C)(C)C)C3Oc4c(CO)ccc5c4C31CCN(C)[C@@H]2C5.[Y]. The van der Waals surface area contributed by atoms with Gasteiger partial charge in [0.15, 0.2) is 24.1 Å². The Kier molecular flexibility index (Phi) is 14.0. The van der Waals surface area contributed by atoms with Crippen LogP contribution in [0.5, 0.6) is 17.2 Å². The van der Waals surface area contributed by atoms with Gasteiger partial charge in [0.2, 0.25) is 0 Å². The summed E-state index contributed by atoms with van der Waals surface area (Å²) >= 11 is 0. The molecule has 1 radical (unpaired) electrons. The van der Waals surface area contributed by atoms with Gasteiger partial charge in [0.05, 0.1) is 52.9 Å². The summed E-state index contributed by atoms with van der Waals surface area (Å²) in [6.45, 7) is 19.0. The maximum absolute atomic E-state index is 12.6. The first-order valence-corrected chi connectivity index (χ1v) is 29.5. The molecule has 4 fully saturated rings. The van der Waals surface area contributed by atoms with Gasteiger partial charge in [-0.3, -0.25) is 4.79 Å². The van der Waals surface area contributed by atoms with Crippen LogP contribution < -0.4 is 14.2 Å². The fourth-order valence-electron chi connectivity index (χ4n) is 18.2. The average molecular weight is 1190 g/mol. The van der Waals surface area contributed by atoms with Gasteiger partial charge in [0, 0.05) is 97.1 Å². The molecular weight excluding hydrogens is 1100 g/mol. The van der Waals surface area contributed by atoms with E-state index in [1.165, 1.54) is 16.7 Å². The van der Waals surface area contributed by atoms with E-state index in [1.54, 1.807) is 0 Å². The maximum atomic E-state index is 12.6. The second-order valence-corrected chi connectivity index (χ2v) is 27.8. The zero-order chi connectivity index (χ0) is 56.6. The number of likely N-dealkylation sites (N-methyl/N-ethyl adjacent to an activating group) is 3. The Labute approximate surface area is 503 Å². The minimum Gasteiger partial charge on any atom is -0.543 e. The fourth-order valence-corrected chi connectivity index (χ4v) is 18.2. The number of piperidine rings is 3. The largest absolute Gasteiger partial charge is 0.543 e. The molecule has 3 aromatic carbocycles. The van der Waals surface area contributed by atoms with Crippen molar-refractivity contribution in [1.29, 1.82) is 0 Å². The Morgan fingerprint density at radius 2 is 0.963 bits per heavy atom. The molecule has 0 aromatic heterocycles. The molecule has 15 rings (SSSR count). The quantitative estimate of drug-likeness (QED) is 0.158. The van der Waals surface area contributed by atoms with Crippen molar-refractivity contribution in [3.8, 4) is 17.2 Å². The third-order valence-electron chi connectivity index (χ3n) is 21.2. The van der Waals surface area contributed by atoms with Crippen molar-refractivity contribution in [1.82, 2.24) is 14.7 Å². The Morgan fingerprint density at radius 3 is 1.43 bits per heavy atom. The summed E-state index contributed by atoms with van der Waals surface area (Å²) in [7, 11) is 6.39. The molecule has 1 saturated carbocycles. The molecule has 3 spiro atoms. The van der Waals surface area contributed by atoms with Crippen LogP contribution in [0.3, 0.4) is 0 Å². The minimum atomic E-state index is -0.926. The van der Waals surface area contributed by atoms with Gasteiger partial charge in [0.25, 0.3) is 0 Å². The van der Waals surface area contributed by atoms with Crippen LogP contribution in [0.25, 0.3) is 0 Å². The van der Waals surface area contributed by atoms with Crippen LogP contribution in [-0.4, -0.2) is 151 Å². The first-order chi connectivity index (χ1) is 37.9. The standard InChI is InChI=1S/C25H34NO4.C22H29NO4.C18H21NO4.Y/c1-15(2)29-25-10-9-18(30-23(3,4)5)22-24(25)11-12-26(6)19(25)13-16-7-8-17(14-27)21(28-22)20(16)24;1-20(2,3)27-15-7-8-22(25)16-11-13-5-6-14(12-24)18-17(13)21(22,19(15)26-18)9-10-23(16)4;1-19-7-6-17-14-10-2-3-11(9-20)15(14)23-16(17)12(21)4-5-18(17,22)13(19)8-10;/h7-9,19,22,27H,10-14H2,1-6H3;5-7,16,19,24-25H,8-12H2,1-4H3;2-3,13,16,20,22H,4-9H2,1H3;/q-1;;;/t19-,22?,24?,25-;16-,19?,21?,22-;13-,16?,17?,18-;/m111./s1.